The fraction of sp³-hybridized carbons (Fsp3) is 0.692. The molecule has 108 valence electrons. The van der Waals surface area contributed by atoms with Gasteiger partial charge in [0.25, 0.3) is 5.91 Å². The van der Waals surface area contributed by atoms with Gasteiger partial charge >= 0.3 is 5.97 Å². The number of hydrogen-bond acceptors (Lipinski definition) is 4. The van der Waals surface area contributed by atoms with E-state index in [2.05, 4.69) is 6.58 Å². The minimum absolute atomic E-state index is 0.0878. The second-order valence-corrected chi connectivity index (χ2v) is 4.47. The third-order valence-corrected chi connectivity index (χ3v) is 2.89. The highest BCUT2D eigenvalue weighted by Gasteiger charge is 2.28. The molecule has 1 heterocycles. The fourth-order valence-corrected chi connectivity index (χ4v) is 1.89. The molecule has 1 N–H and O–H groups in total. The van der Waals surface area contributed by atoms with Gasteiger partial charge in [-0.3, -0.25) is 9.59 Å². The van der Waals surface area contributed by atoms with E-state index in [1.165, 1.54) is 0 Å². The van der Waals surface area contributed by atoms with Crippen LogP contribution in [0.15, 0.2) is 12.7 Å². The van der Waals surface area contributed by atoms with E-state index in [1.54, 1.807) is 17.9 Å². The summed E-state index contributed by atoms with van der Waals surface area (Å²) in [7, 11) is 0. The molecular formula is C13H21NO5. The molecule has 6 heteroatoms. The Morgan fingerprint density at radius 2 is 2.37 bits per heavy atom. The van der Waals surface area contributed by atoms with Crippen molar-refractivity contribution in [3.05, 3.63) is 12.7 Å². The average molecular weight is 271 g/mol. The van der Waals surface area contributed by atoms with Crippen molar-refractivity contribution in [2.45, 2.75) is 32.0 Å². The van der Waals surface area contributed by atoms with Crippen molar-refractivity contribution in [2.24, 2.45) is 0 Å². The highest BCUT2D eigenvalue weighted by Crippen LogP contribution is 2.11. The first-order chi connectivity index (χ1) is 9.04. The predicted octanol–water partition coefficient (Wildman–Crippen LogP) is 0.670. The Bertz CT molecular complexity index is 331. The van der Waals surface area contributed by atoms with Gasteiger partial charge < -0.3 is 19.5 Å². The largest absolute Gasteiger partial charge is 0.481 e. The molecule has 1 amide bonds. The lowest BCUT2D eigenvalue weighted by Crippen LogP contribution is -2.49. The van der Waals surface area contributed by atoms with Gasteiger partial charge in [-0.2, -0.15) is 0 Å². The molecule has 19 heavy (non-hydrogen) atoms. The summed E-state index contributed by atoms with van der Waals surface area (Å²) in [6.07, 6.45) is 1.38. The Hall–Kier alpha value is -1.40. The molecule has 1 aliphatic heterocycles. The first-order valence-electron chi connectivity index (χ1n) is 6.39. The zero-order valence-corrected chi connectivity index (χ0v) is 11.2. The van der Waals surface area contributed by atoms with Gasteiger partial charge in [-0.05, 0) is 13.3 Å². The molecule has 0 aromatic heterocycles. The summed E-state index contributed by atoms with van der Waals surface area (Å²) in [5.41, 5.74) is 0. The zero-order valence-electron chi connectivity index (χ0n) is 11.2. The van der Waals surface area contributed by atoms with Gasteiger partial charge in [0, 0.05) is 13.1 Å². The Labute approximate surface area is 113 Å². The summed E-state index contributed by atoms with van der Waals surface area (Å²) >= 11 is 0. The number of aliphatic carboxylic acids is 1. The molecule has 0 radical (unpaired) electrons. The number of rotatable bonds is 7. The molecule has 2 unspecified atom stereocenters. The van der Waals surface area contributed by atoms with Crippen LogP contribution in [-0.4, -0.2) is 60.4 Å². The maximum Gasteiger partial charge on any atom is 0.306 e. The number of carboxylic acid groups (broad SMARTS) is 1. The van der Waals surface area contributed by atoms with Crippen LogP contribution in [-0.2, 0) is 19.1 Å². The number of carbonyl (C=O) groups excluding carboxylic acids is 1. The number of carbonyl (C=O) groups is 2. The summed E-state index contributed by atoms with van der Waals surface area (Å²) < 4.78 is 10.7. The molecule has 2 atom stereocenters. The van der Waals surface area contributed by atoms with E-state index in [1.807, 2.05) is 0 Å². The molecule has 0 aromatic rings. The van der Waals surface area contributed by atoms with E-state index in [0.29, 0.717) is 32.7 Å². The number of ether oxygens (including phenoxy) is 2. The maximum atomic E-state index is 12.1. The lowest BCUT2D eigenvalue weighted by Gasteiger charge is -2.33. The summed E-state index contributed by atoms with van der Waals surface area (Å²) in [5, 5.41) is 8.73. The van der Waals surface area contributed by atoms with E-state index >= 15 is 0 Å². The van der Waals surface area contributed by atoms with E-state index in [9.17, 15) is 9.59 Å². The van der Waals surface area contributed by atoms with Crippen molar-refractivity contribution in [3.8, 4) is 0 Å². The Balaban J connectivity index is 2.42. The minimum Gasteiger partial charge on any atom is -0.481 e. The maximum absolute atomic E-state index is 12.1. The first-order valence-corrected chi connectivity index (χ1v) is 6.39. The standard InChI is InChI=1S/C13H21NO5/c1-3-4-6-18-10(2)13(17)14-5-7-19-11(9-14)8-12(15)16/h3,10-11H,1,4-9H2,2H3,(H,15,16). The monoisotopic (exact) mass is 271 g/mol. The van der Waals surface area contributed by atoms with E-state index in [4.69, 9.17) is 14.6 Å². The van der Waals surface area contributed by atoms with Crippen molar-refractivity contribution in [2.75, 3.05) is 26.3 Å². The van der Waals surface area contributed by atoms with Crippen LogP contribution in [0.5, 0.6) is 0 Å². The molecule has 0 spiro atoms. The molecule has 0 aromatic carbocycles. The summed E-state index contributed by atoms with van der Waals surface area (Å²) in [5.74, 6) is -1.04. The van der Waals surface area contributed by atoms with Gasteiger partial charge in [0.15, 0.2) is 0 Å². The van der Waals surface area contributed by atoms with Gasteiger partial charge in [0.05, 0.1) is 25.7 Å². The van der Waals surface area contributed by atoms with Crippen LogP contribution in [0.1, 0.15) is 19.8 Å². The molecular weight excluding hydrogens is 250 g/mol. The molecule has 1 fully saturated rings. The smallest absolute Gasteiger partial charge is 0.306 e. The lowest BCUT2D eigenvalue weighted by atomic mass is 10.2. The van der Waals surface area contributed by atoms with Crippen LogP contribution in [0.2, 0.25) is 0 Å². The van der Waals surface area contributed by atoms with E-state index in [0.717, 1.165) is 0 Å². The molecule has 0 bridgehead atoms. The van der Waals surface area contributed by atoms with Gasteiger partial charge in [-0.1, -0.05) is 6.08 Å². The van der Waals surface area contributed by atoms with Gasteiger partial charge in [-0.25, -0.2) is 0 Å². The summed E-state index contributed by atoms with van der Waals surface area (Å²) in [6.45, 7) is 6.89. The van der Waals surface area contributed by atoms with E-state index in [-0.39, 0.29) is 12.3 Å². The molecule has 0 aliphatic carbocycles. The van der Waals surface area contributed by atoms with Gasteiger partial charge in [-0.15, -0.1) is 6.58 Å². The number of nitrogens with zero attached hydrogens (tertiary/aromatic N) is 1. The molecule has 6 nitrogen and oxygen atoms in total. The van der Waals surface area contributed by atoms with Gasteiger partial charge in [0.1, 0.15) is 6.10 Å². The third kappa shape index (κ3) is 5.40. The average Bonchev–Trinajstić information content (AvgIpc) is 2.37. The van der Waals surface area contributed by atoms with Crippen molar-refractivity contribution in [1.82, 2.24) is 4.90 Å². The Morgan fingerprint density at radius 1 is 1.63 bits per heavy atom. The van der Waals surface area contributed by atoms with Crippen LogP contribution < -0.4 is 0 Å². The number of carboxylic acids is 1. The van der Waals surface area contributed by atoms with Crippen molar-refractivity contribution >= 4 is 11.9 Å². The molecule has 1 rings (SSSR count). The fourth-order valence-electron chi connectivity index (χ4n) is 1.89. The van der Waals surface area contributed by atoms with Crippen molar-refractivity contribution < 1.29 is 24.2 Å². The van der Waals surface area contributed by atoms with Gasteiger partial charge in [0.2, 0.25) is 0 Å². The Morgan fingerprint density at radius 3 is 3.00 bits per heavy atom. The second kappa shape index (κ2) is 7.91. The summed E-state index contributed by atoms with van der Waals surface area (Å²) in [4.78, 5) is 24.3. The third-order valence-electron chi connectivity index (χ3n) is 2.89. The lowest BCUT2D eigenvalue weighted by molar-refractivity contribution is -0.154. The van der Waals surface area contributed by atoms with Crippen LogP contribution in [0.3, 0.4) is 0 Å². The molecule has 1 saturated heterocycles. The first kappa shape index (κ1) is 15.7. The SMILES string of the molecule is C=CCCOC(C)C(=O)N1CCOC(CC(=O)O)C1. The molecule has 1 aliphatic rings. The number of morpholine rings is 1. The quantitative estimate of drug-likeness (QED) is 0.544. The summed E-state index contributed by atoms with van der Waals surface area (Å²) in [6, 6.07) is 0. The van der Waals surface area contributed by atoms with Crippen LogP contribution in [0, 0.1) is 0 Å². The van der Waals surface area contributed by atoms with Crippen LogP contribution in [0.25, 0.3) is 0 Å². The zero-order chi connectivity index (χ0) is 14.3. The number of hydrogen-bond donors (Lipinski definition) is 1. The van der Waals surface area contributed by atoms with Crippen LogP contribution in [0.4, 0.5) is 0 Å². The number of amides is 1. The normalized spacial score (nSPS) is 20.9. The second-order valence-electron chi connectivity index (χ2n) is 4.47. The van der Waals surface area contributed by atoms with Crippen LogP contribution >= 0.6 is 0 Å². The predicted molar refractivity (Wildman–Crippen MR) is 68.8 cm³/mol. The van der Waals surface area contributed by atoms with Crippen molar-refractivity contribution in [3.63, 3.8) is 0 Å². The van der Waals surface area contributed by atoms with Crippen molar-refractivity contribution in [1.29, 1.82) is 0 Å². The van der Waals surface area contributed by atoms with E-state index < -0.39 is 18.2 Å². The minimum atomic E-state index is -0.922. The highest BCUT2D eigenvalue weighted by atomic mass is 16.5. The highest BCUT2D eigenvalue weighted by molar-refractivity contribution is 5.80. The molecule has 0 saturated carbocycles. The Kier molecular flexibility index (Phi) is 6.52. The topological polar surface area (TPSA) is 76.1 Å².